The average Bonchev–Trinajstić information content (AvgIpc) is 2.33. The summed E-state index contributed by atoms with van der Waals surface area (Å²) in [7, 11) is 0. The van der Waals surface area contributed by atoms with Crippen molar-refractivity contribution in [2.75, 3.05) is 19.7 Å². The maximum Gasteiger partial charge on any atom is 0.338 e. The van der Waals surface area contributed by atoms with Crippen LogP contribution in [0, 0.1) is 0 Å². The molecular weight excluding hydrogens is 238 g/mol. The summed E-state index contributed by atoms with van der Waals surface area (Å²) in [5.74, 6) is -0.329. The Kier molecular flexibility index (Phi) is 6.67. The van der Waals surface area contributed by atoms with Crippen molar-refractivity contribution in [1.29, 1.82) is 0 Å². The third kappa shape index (κ3) is 5.71. The van der Waals surface area contributed by atoms with Crippen molar-refractivity contribution < 1.29 is 9.53 Å². The zero-order valence-corrected chi connectivity index (χ0v) is 10.8. The number of hydrogen-bond donors (Lipinski definition) is 1. The van der Waals surface area contributed by atoms with Crippen LogP contribution in [0.1, 0.15) is 30.1 Å². The van der Waals surface area contributed by atoms with Gasteiger partial charge in [-0.15, -0.1) is 0 Å². The predicted molar refractivity (Wildman–Crippen MR) is 69.5 cm³/mol. The van der Waals surface area contributed by atoms with Crippen LogP contribution in [0.5, 0.6) is 0 Å². The van der Waals surface area contributed by atoms with E-state index < -0.39 is 0 Å². The highest BCUT2D eigenvalue weighted by Gasteiger charge is 2.06. The summed E-state index contributed by atoms with van der Waals surface area (Å²) in [5, 5.41) is 3.74. The Hall–Kier alpha value is -1.06. The fourth-order valence-corrected chi connectivity index (χ4v) is 1.53. The zero-order valence-electron chi connectivity index (χ0n) is 10.0. The van der Waals surface area contributed by atoms with E-state index in [0.717, 1.165) is 19.4 Å². The molecule has 4 heteroatoms. The highest BCUT2D eigenvalue weighted by molar-refractivity contribution is 6.30. The van der Waals surface area contributed by atoms with Crippen LogP contribution < -0.4 is 5.32 Å². The smallest absolute Gasteiger partial charge is 0.338 e. The van der Waals surface area contributed by atoms with E-state index in [2.05, 4.69) is 12.2 Å². The molecule has 1 rings (SSSR count). The van der Waals surface area contributed by atoms with E-state index in [0.29, 0.717) is 23.7 Å². The molecule has 1 N–H and O–H groups in total. The van der Waals surface area contributed by atoms with Gasteiger partial charge >= 0.3 is 5.97 Å². The van der Waals surface area contributed by atoms with E-state index in [1.54, 1.807) is 24.3 Å². The molecule has 1 aromatic carbocycles. The van der Waals surface area contributed by atoms with Gasteiger partial charge in [0.15, 0.2) is 0 Å². The van der Waals surface area contributed by atoms with Crippen molar-refractivity contribution in [1.82, 2.24) is 5.32 Å². The first-order valence-electron chi connectivity index (χ1n) is 5.87. The standard InChI is InChI=1S/C13H18ClNO2/c1-2-3-7-15-8-9-17-13(16)11-5-4-6-12(14)10-11/h4-6,10,15H,2-3,7-9H2,1H3. The maximum absolute atomic E-state index is 11.6. The van der Waals surface area contributed by atoms with E-state index in [1.807, 2.05) is 0 Å². The van der Waals surface area contributed by atoms with Crippen LogP contribution in [-0.4, -0.2) is 25.7 Å². The van der Waals surface area contributed by atoms with Crippen LogP contribution in [0.3, 0.4) is 0 Å². The highest BCUT2D eigenvalue weighted by Crippen LogP contribution is 2.11. The number of carbonyl (C=O) groups excluding carboxylic acids is 1. The molecule has 94 valence electrons. The van der Waals surface area contributed by atoms with Gasteiger partial charge in [-0.05, 0) is 31.2 Å². The Morgan fingerprint density at radius 1 is 1.41 bits per heavy atom. The third-order valence-electron chi connectivity index (χ3n) is 2.28. The van der Waals surface area contributed by atoms with Crippen molar-refractivity contribution in [3.63, 3.8) is 0 Å². The van der Waals surface area contributed by atoms with Crippen molar-refractivity contribution in [2.45, 2.75) is 19.8 Å². The molecule has 0 aliphatic carbocycles. The van der Waals surface area contributed by atoms with Gasteiger partial charge in [-0.1, -0.05) is 31.0 Å². The van der Waals surface area contributed by atoms with Crippen molar-refractivity contribution >= 4 is 17.6 Å². The molecule has 0 aromatic heterocycles. The Labute approximate surface area is 107 Å². The number of nitrogens with one attached hydrogen (secondary N) is 1. The number of unbranched alkanes of at least 4 members (excludes halogenated alkanes) is 1. The summed E-state index contributed by atoms with van der Waals surface area (Å²) >= 11 is 5.79. The fourth-order valence-electron chi connectivity index (χ4n) is 1.34. The molecule has 0 saturated carbocycles. The SMILES string of the molecule is CCCCNCCOC(=O)c1cccc(Cl)c1. The van der Waals surface area contributed by atoms with Crippen LogP contribution in [0.4, 0.5) is 0 Å². The number of rotatable bonds is 7. The number of esters is 1. The van der Waals surface area contributed by atoms with Crippen LogP contribution in [0.2, 0.25) is 5.02 Å². The van der Waals surface area contributed by atoms with Gasteiger partial charge in [0.1, 0.15) is 6.61 Å². The van der Waals surface area contributed by atoms with Gasteiger partial charge in [0.2, 0.25) is 0 Å². The second-order valence-corrected chi connectivity index (χ2v) is 4.19. The first-order valence-corrected chi connectivity index (χ1v) is 6.25. The molecule has 0 fully saturated rings. The Morgan fingerprint density at radius 3 is 2.94 bits per heavy atom. The number of carbonyl (C=O) groups is 1. The molecule has 0 unspecified atom stereocenters. The number of ether oxygens (including phenoxy) is 1. The summed E-state index contributed by atoms with van der Waals surface area (Å²) in [6.45, 7) is 4.17. The van der Waals surface area contributed by atoms with Crippen LogP contribution in [0.15, 0.2) is 24.3 Å². The topological polar surface area (TPSA) is 38.3 Å². The van der Waals surface area contributed by atoms with E-state index >= 15 is 0 Å². The lowest BCUT2D eigenvalue weighted by atomic mass is 10.2. The molecule has 0 amide bonds. The molecular formula is C13H18ClNO2. The normalized spacial score (nSPS) is 10.2. The lowest BCUT2D eigenvalue weighted by molar-refractivity contribution is 0.0508. The predicted octanol–water partition coefficient (Wildman–Crippen LogP) is 2.89. The Balaban J connectivity index is 2.21. The Bertz CT molecular complexity index is 355. The summed E-state index contributed by atoms with van der Waals surface area (Å²) in [6, 6.07) is 6.76. The van der Waals surface area contributed by atoms with E-state index in [1.165, 1.54) is 0 Å². The summed E-state index contributed by atoms with van der Waals surface area (Å²) in [4.78, 5) is 11.6. The van der Waals surface area contributed by atoms with E-state index in [-0.39, 0.29) is 5.97 Å². The van der Waals surface area contributed by atoms with E-state index in [4.69, 9.17) is 16.3 Å². The summed E-state index contributed by atoms with van der Waals surface area (Å²) < 4.78 is 5.10. The van der Waals surface area contributed by atoms with Gasteiger partial charge < -0.3 is 10.1 Å². The fraction of sp³-hybridized carbons (Fsp3) is 0.462. The number of halogens is 1. The lowest BCUT2D eigenvalue weighted by Crippen LogP contribution is -2.22. The summed E-state index contributed by atoms with van der Waals surface area (Å²) in [6.07, 6.45) is 2.30. The molecule has 0 atom stereocenters. The van der Waals surface area contributed by atoms with Crippen LogP contribution in [0.25, 0.3) is 0 Å². The third-order valence-corrected chi connectivity index (χ3v) is 2.51. The van der Waals surface area contributed by atoms with Crippen molar-refractivity contribution in [2.24, 2.45) is 0 Å². The number of hydrogen-bond acceptors (Lipinski definition) is 3. The van der Waals surface area contributed by atoms with Gasteiger partial charge in [0, 0.05) is 11.6 Å². The first-order chi connectivity index (χ1) is 8.24. The van der Waals surface area contributed by atoms with Crippen molar-refractivity contribution in [3.05, 3.63) is 34.9 Å². The zero-order chi connectivity index (χ0) is 12.5. The molecule has 0 spiro atoms. The molecule has 1 aromatic rings. The molecule has 3 nitrogen and oxygen atoms in total. The minimum atomic E-state index is -0.329. The molecule has 0 bridgehead atoms. The largest absolute Gasteiger partial charge is 0.461 e. The van der Waals surface area contributed by atoms with Gasteiger partial charge in [0.25, 0.3) is 0 Å². The monoisotopic (exact) mass is 255 g/mol. The highest BCUT2D eigenvalue weighted by atomic mass is 35.5. The quantitative estimate of drug-likeness (QED) is 0.601. The van der Waals surface area contributed by atoms with Gasteiger partial charge in [-0.25, -0.2) is 4.79 Å². The average molecular weight is 256 g/mol. The van der Waals surface area contributed by atoms with Gasteiger partial charge in [0.05, 0.1) is 5.56 Å². The molecule has 0 aliphatic rings. The van der Waals surface area contributed by atoms with E-state index in [9.17, 15) is 4.79 Å². The lowest BCUT2D eigenvalue weighted by Gasteiger charge is -2.06. The van der Waals surface area contributed by atoms with Crippen LogP contribution in [-0.2, 0) is 4.74 Å². The number of benzene rings is 1. The van der Waals surface area contributed by atoms with Gasteiger partial charge in [-0.2, -0.15) is 0 Å². The molecule has 17 heavy (non-hydrogen) atoms. The molecule has 0 radical (unpaired) electrons. The minimum Gasteiger partial charge on any atom is -0.461 e. The molecule has 0 saturated heterocycles. The second kappa shape index (κ2) is 8.09. The maximum atomic E-state index is 11.6. The second-order valence-electron chi connectivity index (χ2n) is 3.75. The molecule has 0 heterocycles. The van der Waals surface area contributed by atoms with Crippen LogP contribution >= 0.6 is 11.6 Å². The Morgan fingerprint density at radius 2 is 2.24 bits per heavy atom. The van der Waals surface area contributed by atoms with Gasteiger partial charge in [-0.3, -0.25) is 0 Å². The first kappa shape index (κ1) is 14.0. The summed E-state index contributed by atoms with van der Waals surface area (Å²) in [5.41, 5.74) is 0.492. The minimum absolute atomic E-state index is 0.329. The molecule has 0 aliphatic heterocycles. The van der Waals surface area contributed by atoms with Crippen molar-refractivity contribution in [3.8, 4) is 0 Å².